The van der Waals surface area contributed by atoms with Crippen LogP contribution in [0.2, 0.25) is 0 Å². The van der Waals surface area contributed by atoms with Crippen LogP contribution in [0.4, 0.5) is 5.69 Å². The zero-order chi connectivity index (χ0) is 12.1. The average molecular weight is 315 g/mol. The maximum Gasteiger partial charge on any atom is 0.234 e. The van der Waals surface area contributed by atoms with Crippen LogP contribution in [0.5, 0.6) is 0 Å². The summed E-state index contributed by atoms with van der Waals surface area (Å²) >= 11 is 5.11. The molecule has 1 aliphatic heterocycles. The number of thioether (sulfide) groups is 1. The van der Waals surface area contributed by atoms with Gasteiger partial charge in [0.05, 0.1) is 5.75 Å². The molecule has 1 aromatic rings. The highest BCUT2D eigenvalue weighted by Crippen LogP contribution is 2.19. The zero-order valence-corrected chi connectivity index (χ0v) is 11.8. The summed E-state index contributed by atoms with van der Waals surface area (Å²) in [6.45, 7) is 2.10. The largest absolute Gasteiger partial charge is 0.325 e. The zero-order valence-electron chi connectivity index (χ0n) is 9.41. The molecule has 5 heteroatoms. The van der Waals surface area contributed by atoms with Crippen molar-refractivity contribution in [2.24, 2.45) is 0 Å². The van der Waals surface area contributed by atoms with E-state index < -0.39 is 0 Å². The molecule has 92 valence electrons. The molecule has 2 rings (SSSR count). The molecular formula is C12H15BrN2OS. The summed E-state index contributed by atoms with van der Waals surface area (Å²) in [5.74, 6) is 0.596. The Bertz CT molecular complexity index is 394. The quantitative estimate of drug-likeness (QED) is 0.897. The number of anilines is 1. The Morgan fingerprint density at radius 1 is 1.59 bits per heavy atom. The Kier molecular flexibility index (Phi) is 4.88. The van der Waals surface area contributed by atoms with Gasteiger partial charge < -0.3 is 10.6 Å². The molecule has 1 amide bonds. The van der Waals surface area contributed by atoms with Gasteiger partial charge in [-0.05, 0) is 31.2 Å². The predicted octanol–water partition coefficient (Wildman–Crippen LogP) is 2.48. The molecule has 0 bridgehead atoms. The summed E-state index contributed by atoms with van der Waals surface area (Å²) in [6, 6.07) is 7.65. The molecule has 1 unspecified atom stereocenters. The topological polar surface area (TPSA) is 41.1 Å². The van der Waals surface area contributed by atoms with Crippen molar-refractivity contribution >= 4 is 39.3 Å². The average Bonchev–Trinajstić information content (AvgIpc) is 2.79. The highest BCUT2D eigenvalue weighted by Gasteiger charge is 2.16. The van der Waals surface area contributed by atoms with Crippen molar-refractivity contribution in [1.29, 1.82) is 0 Å². The Morgan fingerprint density at radius 2 is 2.47 bits per heavy atom. The molecule has 0 spiro atoms. The van der Waals surface area contributed by atoms with Gasteiger partial charge in [-0.1, -0.05) is 22.0 Å². The Morgan fingerprint density at radius 3 is 3.18 bits per heavy atom. The first-order valence-electron chi connectivity index (χ1n) is 5.62. The van der Waals surface area contributed by atoms with E-state index in [1.807, 2.05) is 24.3 Å². The van der Waals surface area contributed by atoms with Crippen LogP contribution in [-0.4, -0.2) is 30.0 Å². The van der Waals surface area contributed by atoms with Crippen LogP contribution in [0.25, 0.3) is 0 Å². The molecule has 1 heterocycles. The third-order valence-corrected chi connectivity index (χ3v) is 4.37. The standard InChI is InChI=1S/C12H15BrN2OS/c13-9-2-1-3-10(6-9)15-12(16)8-17-11-4-5-14-7-11/h1-3,6,11,14H,4-5,7-8H2,(H,15,16). The Hall–Kier alpha value is -0.520. The molecule has 1 saturated heterocycles. The minimum absolute atomic E-state index is 0.0694. The van der Waals surface area contributed by atoms with Gasteiger partial charge >= 0.3 is 0 Å². The van der Waals surface area contributed by atoms with Crippen molar-refractivity contribution in [3.8, 4) is 0 Å². The molecule has 17 heavy (non-hydrogen) atoms. The van der Waals surface area contributed by atoms with E-state index in [4.69, 9.17) is 0 Å². The van der Waals surface area contributed by atoms with Crippen molar-refractivity contribution in [3.05, 3.63) is 28.7 Å². The number of hydrogen-bond donors (Lipinski definition) is 2. The van der Waals surface area contributed by atoms with E-state index in [0.717, 1.165) is 29.7 Å². The van der Waals surface area contributed by atoms with Crippen LogP contribution in [0, 0.1) is 0 Å². The van der Waals surface area contributed by atoms with Crippen LogP contribution >= 0.6 is 27.7 Å². The minimum atomic E-state index is 0.0694. The van der Waals surface area contributed by atoms with Gasteiger partial charge in [-0.25, -0.2) is 0 Å². The second-order valence-electron chi connectivity index (χ2n) is 3.98. The molecule has 3 nitrogen and oxygen atoms in total. The Labute approximate surface area is 114 Å². The van der Waals surface area contributed by atoms with Crippen molar-refractivity contribution in [3.63, 3.8) is 0 Å². The number of amides is 1. The molecular weight excluding hydrogens is 300 g/mol. The normalized spacial score (nSPS) is 19.2. The van der Waals surface area contributed by atoms with Gasteiger partial charge in [0.1, 0.15) is 0 Å². The second kappa shape index (κ2) is 6.42. The maximum atomic E-state index is 11.7. The van der Waals surface area contributed by atoms with Gasteiger partial charge in [-0.3, -0.25) is 4.79 Å². The number of carbonyl (C=O) groups excluding carboxylic acids is 1. The van der Waals surface area contributed by atoms with E-state index in [1.54, 1.807) is 11.8 Å². The summed E-state index contributed by atoms with van der Waals surface area (Å²) in [7, 11) is 0. The maximum absolute atomic E-state index is 11.7. The third-order valence-electron chi connectivity index (χ3n) is 2.57. The van der Waals surface area contributed by atoms with Crippen LogP contribution in [-0.2, 0) is 4.79 Å². The number of rotatable bonds is 4. The van der Waals surface area contributed by atoms with Crippen molar-refractivity contribution < 1.29 is 4.79 Å². The second-order valence-corrected chi connectivity index (χ2v) is 6.19. The van der Waals surface area contributed by atoms with Gasteiger partial charge in [0.15, 0.2) is 0 Å². The van der Waals surface area contributed by atoms with Crippen LogP contribution in [0.15, 0.2) is 28.7 Å². The van der Waals surface area contributed by atoms with E-state index in [1.165, 1.54) is 0 Å². The van der Waals surface area contributed by atoms with E-state index >= 15 is 0 Å². The minimum Gasteiger partial charge on any atom is -0.325 e. The molecule has 0 saturated carbocycles. The van der Waals surface area contributed by atoms with Gasteiger partial charge in [0.2, 0.25) is 5.91 Å². The molecule has 1 atom stereocenters. The number of hydrogen-bond acceptors (Lipinski definition) is 3. The fourth-order valence-corrected chi connectivity index (χ4v) is 3.11. The first-order valence-corrected chi connectivity index (χ1v) is 7.46. The predicted molar refractivity (Wildman–Crippen MR) is 76.5 cm³/mol. The van der Waals surface area contributed by atoms with E-state index in [-0.39, 0.29) is 5.91 Å². The van der Waals surface area contributed by atoms with Gasteiger partial charge in [-0.15, -0.1) is 11.8 Å². The summed E-state index contributed by atoms with van der Waals surface area (Å²) in [5, 5.41) is 6.78. The van der Waals surface area contributed by atoms with Crippen molar-refractivity contribution in [1.82, 2.24) is 5.32 Å². The van der Waals surface area contributed by atoms with Crippen molar-refractivity contribution in [2.75, 3.05) is 24.2 Å². The number of halogens is 1. The summed E-state index contributed by atoms with van der Waals surface area (Å²) in [5.41, 5.74) is 0.842. The molecule has 1 aromatic carbocycles. The molecule has 0 radical (unpaired) electrons. The monoisotopic (exact) mass is 314 g/mol. The fraction of sp³-hybridized carbons (Fsp3) is 0.417. The van der Waals surface area contributed by atoms with Crippen molar-refractivity contribution in [2.45, 2.75) is 11.7 Å². The summed E-state index contributed by atoms with van der Waals surface area (Å²) in [6.07, 6.45) is 1.16. The summed E-state index contributed by atoms with van der Waals surface area (Å²) in [4.78, 5) is 11.7. The van der Waals surface area contributed by atoms with Gasteiger partial charge in [-0.2, -0.15) is 0 Å². The number of carbonyl (C=O) groups is 1. The molecule has 1 fully saturated rings. The third kappa shape index (κ3) is 4.33. The van der Waals surface area contributed by atoms with Crippen LogP contribution < -0.4 is 10.6 Å². The summed E-state index contributed by atoms with van der Waals surface area (Å²) < 4.78 is 0.975. The lowest BCUT2D eigenvalue weighted by atomic mass is 10.3. The highest BCUT2D eigenvalue weighted by molar-refractivity contribution is 9.10. The highest BCUT2D eigenvalue weighted by atomic mass is 79.9. The van der Waals surface area contributed by atoms with Gasteiger partial charge in [0, 0.05) is 22.0 Å². The van der Waals surface area contributed by atoms with E-state index in [0.29, 0.717) is 11.0 Å². The molecule has 2 N–H and O–H groups in total. The first-order chi connectivity index (χ1) is 8.24. The molecule has 1 aliphatic rings. The van der Waals surface area contributed by atoms with E-state index in [9.17, 15) is 4.79 Å². The smallest absolute Gasteiger partial charge is 0.234 e. The first kappa shape index (κ1) is 12.9. The fourth-order valence-electron chi connectivity index (χ4n) is 1.73. The SMILES string of the molecule is O=C(CSC1CCNC1)Nc1cccc(Br)c1. The van der Waals surface area contributed by atoms with Crippen LogP contribution in [0.1, 0.15) is 6.42 Å². The number of nitrogens with one attached hydrogen (secondary N) is 2. The van der Waals surface area contributed by atoms with Crippen LogP contribution in [0.3, 0.4) is 0 Å². The van der Waals surface area contributed by atoms with Gasteiger partial charge in [0.25, 0.3) is 0 Å². The lowest BCUT2D eigenvalue weighted by Crippen LogP contribution is -2.17. The Balaban J connectivity index is 1.76. The lowest BCUT2D eigenvalue weighted by molar-refractivity contribution is -0.113. The molecule has 0 aliphatic carbocycles. The number of benzene rings is 1. The molecule has 0 aromatic heterocycles. The lowest BCUT2D eigenvalue weighted by Gasteiger charge is -2.08. The van der Waals surface area contributed by atoms with E-state index in [2.05, 4.69) is 26.6 Å².